The SMILES string of the molecule is CCCCC/C(C)=N\NC(=O)CNC(=O)c1ccccc1. The first-order valence-electron chi connectivity index (χ1n) is 7.28. The Bertz CT molecular complexity index is 484. The zero-order valence-electron chi connectivity index (χ0n) is 12.7. The lowest BCUT2D eigenvalue weighted by atomic mass is 10.1. The molecular weight excluding hydrogens is 266 g/mol. The second-order valence-electron chi connectivity index (χ2n) is 4.89. The molecule has 0 saturated heterocycles. The number of carbonyl (C=O) groups is 2. The van der Waals surface area contributed by atoms with Crippen LogP contribution >= 0.6 is 0 Å². The topological polar surface area (TPSA) is 70.6 Å². The number of rotatable bonds is 8. The fourth-order valence-corrected chi connectivity index (χ4v) is 1.74. The molecule has 5 heteroatoms. The number of nitrogens with one attached hydrogen (secondary N) is 2. The molecule has 5 nitrogen and oxygen atoms in total. The van der Waals surface area contributed by atoms with Gasteiger partial charge in [0.15, 0.2) is 0 Å². The van der Waals surface area contributed by atoms with Crippen molar-refractivity contribution >= 4 is 17.5 Å². The van der Waals surface area contributed by atoms with E-state index in [2.05, 4.69) is 22.8 Å². The first-order chi connectivity index (χ1) is 10.1. The van der Waals surface area contributed by atoms with Crippen LogP contribution in [0, 0.1) is 0 Å². The average molecular weight is 289 g/mol. The Morgan fingerprint density at radius 1 is 1.14 bits per heavy atom. The molecule has 21 heavy (non-hydrogen) atoms. The Morgan fingerprint density at radius 2 is 1.86 bits per heavy atom. The molecule has 0 heterocycles. The van der Waals surface area contributed by atoms with Crippen LogP contribution in [0.25, 0.3) is 0 Å². The van der Waals surface area contributed by atoms with Gasteiger partial charge in [0.2, 0.25) is 0 Å². The summed E-state index contributed by atoms with van der Waals surface area (Å²) >= 11 is 0. The number of unbranched alkanes of at least 4 members (excludes halogenated alkanes) is 2. The van der Waals surface area contributed by atoms with E-state index in [-0.39, 0.29) is 18.4 Å². The van der Waals surface area contributed by atoms with E-state index in [0.717, 1.165) is 31.4 Å². The lowest BCUT2D eigenvalue weighted by molar-refractivity contribution is -0.120. The van der Waals surface area contributed by atoms with Gasteiger partial charge in [-0.25, -0.2) is 5.43 Å². The summed E-state index contributed by atoms with van der Waals surface area (Å²) in [6.07, 6.45) is 4.27. The smallest absolute Gasteiger partial charge is 0.259 e. The maximum atomic E-state index is 11.7. The van der Waals surface area contributed by atoms with Gasteiger partial charge in [0.25, 0.3) is 11.8 Å². The van der Waals surface area contributed by atoms with Gasteiger partial charge in [-0.05, 0) is 31.9 Å². The Balaban J connectivity index is 2.28. The zero-order valence-corrected chi connectivity index (χ0v) is 12.7. The average Bonchev–Trinajstić information content (AvgIpc) is 2.51. The van der Waals surface area contributed by atoms with E-state index in [9.17, 15) is 9.59 Å². The molecule has 1 aromatic carbocycles. The number of carbonyl (C=O) groups excluding carboxylic acids is 2. The summed E-state index contributed by atoms with van der Waals surface area (Å²) in [7, 11) is 0. The largest absolute Gasteiger partial charge is 0.343 e. The van der Waals surface area contributed by atoms with Gasteiger partial charge in [-0.15, -0.1) is 0 Å². The first kappa shape index (κ1) is 16.9. The predicted octanol–water partition coefficient (Wildman–Crippen LogP) is 2.49. The number of hydrogen-bond donors (Lipinski definition) is 2. The molecule has 0 aromatic heterocycles. The molecule has 1 rings (SSSR count). The number of hydrazone groups is 1. The molecule has 114 valence electrons. The molecule has 0 fully saturated rings. The Kier molecular flexibility index (Phi) is 7.79. The first-order valence-corrected chi connectivity index (χ1v) is 7.28. The molecule has 0 spiro atoms. The van der Waals surface area contributed by atoms with E-state index in [0.29, 0.717) is 5.56 Å². The van der Waals surface area contributed by atoms with Crippen LogP contribution in [0.4, 0.5) is 0 Å². The van der Waals surface area contributed by atoms with Crippen molar-refractivity contribution in [2.45, 2.75) is 39.5 Å². The molecule has 0 atom stereocenters. The molecule has 1 aromatic rings. The van der Waals surface area contributed by atoms with Crippen molar-refractivity contribution in [1.29, 1.82) is 0 Å². The summed E-state index contributed by atoms with van der Waals surface area (Å²) in [4.78, 5) is 23.3. The highest BCUT2D eigenvalue weighted by atomic mass is 16.2. The Hall–Kier alpha value is -2.17. The van der Waals surface area contributed by atoms with Crippen molar-refractivity contribution in [2.75, 3.05) is 6.54 Å². The summed E-state index contributed by atoms with van der Waals surface area (Å²) in [5.41, 5.74) is 3.88. The van der Waals surface area contributed by atoms with Crippen LogP contribution < -0.4 is 10.7 Å². The van der Waals surface area contributed by atoms with Crippen molar-refractivity contribution in [3.8, 4) is 0 Å². The highest BCUT2D eigenvalue weighted by Crippen LogP contribution is 2.00. The van der Waals surface area contributed by atoms with Gasteiger partial charge < -0.3 is 5.32 Å². The van der Waals surface area contributed by atoms with Crippen LogP contribution in [0.2, 0.25) is 0 Å². The van der Waals surface area contributed by atoms with Crippen LogP contribution in [0.3, 0.4) is 0 Å². The van der Waals surface area contributed by atoms with Crippen molar-refractivity contribution in [2.24, 2.45) is 5.10 Å². The maximum Gasteiger partial charge on any atom is 0.259 e. The minimum atomic E-state index is -0.325. The summed E-state index contributed by atoms with van der Waals surface area (Å²) < 4.78 is 0. The van der Waals surface area contributed by atoms with Crippen LogP contribution in [-0.2, 0) is 4.79 Å². The number of hydrogen-bond acceptors (Lipinski definition) is 3. The number of benzene rings is 1. The van der Waals surface area contributed by atoms with Crippen LogP contribution in [0.1, 0.15) is 49.9 Å². The molecule has 2 amide bonds. The minimum absolute atomic E-state index is 0.0839. The summed E-state index contributed by atoms with van der Waals surface area (Å²) in [6, 6.07) is 8.78. The minimum Gasteiger partial charge on any atom is -0.343 e. The van der Waals surface area contributed by atoms with Crippen molar-refractivity contribution in [3.05, 3.63) is 35.9 Å². The van der Waals surface area contributed by atoms with Crippen molar-refractivity contribution in [1.82, 2.24) is 10.7 Å². The number of nitrogens with zero attached hydrogens (tertiary/aromatic N) is 1. The van der Waals surface area contributed by atoms with Crippen molar-refractivity contribution in [3.63, 3.8) is 0 Å². The molecule has 0 aliphatic heterocycles. The van der Waals surface area contributed by atoms with Gasteiger partial charge in [-0.1, -0.05) is 38.0 Å². The van der Waals surface area contributed by atoms with Gasteiger partial charge in [-0.2, -0.15) is 5.10 Å². The zero-order chi connectivity index (χ0) is 15.5. The van der Waals surface area contributed by atoms with Gasteiger partial charge in [0, 0.05) is 11.3 Å². The van der Waals surface area contributed by atoms with Gasteiger partial charge in [-0.3, -0.25) is 9.59 Å². The normalized spacial score (nSPS) is 11.0. The lowest BCUT2D eigenvalue weighted by Gasteiger charge is -2.05. The van der Waals surface area contributed by atoms with Crippen LogP contribution in [0.5, 0.6) is 0 Å². The maximum absolute atomic E-state index is 11.7. The summed E-state index contributed by atoms with van der Waals surface area (Å²) in [5.74, 6) is -0.594. The third-order valence-electron chi connectivity index (χ3n) is 2.96. The summed E-state index contributed by atoms with van der Waals surface area (Å²) in [5, 5.41) is 6.57. The fraction of sp³-hybridized carbons (Fsp3) is 0.438. The standard InChI is InChI=1S/C16H23N3O2/c1-3-4-6-9-13(2)18-19-15(20)12-17-16(21)14-10-7-5-8-11-14/h5,7-8,10-11H,3-4,6,9,12H2,1-2H3,(H,17,21)(H,19,20)/b18-13-. The third-order valence-corrected chi connectivity index (χ3v) is 2.96. The van der Waals surface area contributed by atoms with E-state index in [1.807, 2.05) is 13.0 Å². The van der Waals surface area contributed by atoms with Crippen molar-refractivity contribution < 1.29 is 9.59 Å². The van der Waals surface area contributed by atoms with Crippen LogP contribution in [0.15, 0.2) is 35.4 Å². The van der Waals surface area contributed by atoms with Gasteiger partial charge in [0.05, 0.1) is 6.54 Å². The predicted molar refractivity (Wildman–Crippen MR) is 84.2 cm³/mol. The van der Waals surface area contributed by atoms with E-state index < -0.39 is 0 Å². The second kappa shape index (κ2) is 9.69. The molecule has 0 radical (unpaired) electrons. The monoisotopic (exact) mass is 289 g/mol. The second-order valence-corrected chi connectivity index (χ2v) is 4.89. The van der Waals surface area contributed by atoms with E-state index in [1.165, 1.54) is 0 Å². The summed E-state index contributed by atoms with van der Waals surface area (Å²) in [6.45, 7) is 3.95. The molecule has 2 N–H and O–H groups in total. The Labute approximate surface area is 125 Å². The molecule has 0 saturated carbocycles. The molecule has 0 aliphatic carbocycles. The van der Waals surface area contributed by atoms with E-state index in [1.54, 1.807) is 24.3 Å². The highest BCUT2D eigenvalue weighted by Gasteiger charge is 2.06. The van der Waals surface area contributed by atoms with Crippen LogP contribution in [-0.4, -0.2) is 24.1 Å². The third kappa shape index (κ3) is 7.25. The molecular formula is C16H23N3O2. The molecule has 0 unspecified atom stereocenters. The van der Waals surface area contributed by atoms with Gasteiger partial charge >= 0.3 is 0 Å². The van der Waals surface area contributed by atoms with Gasteiger partial charge in [0.1, 0.15) is 0 Å². The lowest BCUT2D eigenvalue weighted by Crippen LogP contribution is -2.35. The quantitative estimate of drug-likeness (QED) is 0.438. The van der Waals surface area contributed by atoms with E-state index in [4.69, 9.17) is 0 Å². The highest BCUT2D eigenvalue weighted by molar-refractivity contribution is 5.96. The fourth-order valence-electron chi connectivity index (χ4n) is 1.74. The molecule has 0 bridgehead atoms. The Morgan fingerprint density at radius 3 is 2.52 bits per heavy atom. The van der Waals surface area contributed by atoms with E-state index >= 15 is 0 Å². The number of amides is 2. The molecule has 0 aliphatic rings.